The van der Waals surface area contributed by atoms with E-state index in [9.17, 15) is 14.4 Å². The molecule has 2 aromatic carbocycles. The van der Waals surface area contributed by atoms with Gasteiger partial charge in [0.1, 0.15) is 5.54 Å². The van der Waals surface area contributed by atoms with Crippen molar-refractivity contribution < 1.29 is 19.1 Å². The summed E-state index contributed by atoms with van der Waals surface area (Å²) in [6.07, 6.45) is 4.11. The van der Waals surface area contributed by atoms with Gasteiger partial charge in [-0.25, -0.2) is 0 Å². The molecule has 0 aliphatic carbocycles. The smallest absolute Gasteiger partial charge is 0.250 e. The minimum Gasteiger partial charge on any atom is -0.376 e. The highest BCUT2D eigenvalue weighted by molar-refractivity contribution is 6.15. The van der Waals surface area contributed by atoms with Crippen molar-refractivity contribution in [3.63, 3.8) is 0 Å². The van der Waals surface area contributed by atoms with Gasteiger partial charge in [-0.2, -0.15) is 0 Å². The van der Waals surface area contributed by atoms with Gasteiger partial charge in [0.05, 0.1) is 24.5 Å². The summed E-state index contributed by atoms with van der Waals surface area (Å²) in [5, 5.41) is 7.57. The number of nitrogens with one attached hydrogen (secondary N) is 3. The van der Waals surface area contributed by atoms with Crippen molar-refractivity contribution in [3.05, 3.63) is 65.9 Å². The standard InChI is InChI=1S/C27H26N4O4/c32-24-22-21(12-15-13-28-19-9-3-1-7-17(15)19)30-27(18-8-2-4-10-20(18)29-26(27)34)23(22)25(33)31(24)14-16-6-5-11-35-16/h1-4,7-10,13,16,21-23,28,30H,5-6,11-12,14H2,(H,29,34)/t16-,21-,22+,23-,27-/m1/s1. The highest BCUT2D eigenvalue weighted by Gasteiger charge is 2.70. The summed E-state index contributed by atoms with van der Waals surface area (Å²) in [7, 11) is 0. The van der Waals surface area contributed by atoms with E-state index in [4.69, 9.17) is 4.74 Å². The van der Waals surface area contributed by atoms with E-state index in [1.807, 2.05) is 54.7 Å². The molecule has 3 fully saturated rings. The molecule has 3 N–H and O–H groups in total. The lowest BCUT2D eigenvalue weighted by Crippen LogP contribution is -2.54. The van der Waals surface area contributed by atoms with Crippen LogP contribution in [0.15, 0.2) is 54.7 Å². The molecular formula is C27H26N4O4. The zero-order valence-electron chi connectivity index (χ0n) is 19.1. The van der Waals surface area contributed by atoms with Crippen molar-refractivity contribution in [2.24, 2.45) is 11.8 Å². The first-order valence-corrected chi connectivity index (χ1v) is 12.3. The third kappa shape index (κ3) is 2.84. The van der Waals surface area contributed by atoms with E-state index in [1.54, 1.807) is 0 Å². The molecule has 1 aromatic heterocycles. The van der Waals surface area contributed by atoms with Gasteiger partial charge in [0, 0.05) is 41.0 Å². The Bertz CT molecular complexity index is 1380. The number of likely N-dealkylation sites (tertiary alicyclic amines) is 1. The molecule has 8 nitrogen and oxygen atoms in total. The second kappa shape index (κ2) is 7.50. The van der Waals surface area contributed by atoms with Crippen LogP contribution < -0.4 is 10.6 Å². The van der Waals surface area contributed by atoms with Crippen molar-refractivity contribution >= 4 is 34.3 Å². The average Bonchev–Trinajstić information content (AvgIpc) is 3.67. The molecule has 5 heterocycles. The summed E-state index contributed by atoms with van der Waals surface area (Å²) in [5.74, 6) is -2.18. The summed E-state index contributed by atoms with van der Waals surface area (Å²) >= 11 is 0. The maximum Gasteiger partial charge on any atom is 0.250 e. The number of para-hydroxylation sites is 2. The molecule has 7 rings (SSSR count). The lowest BCUT2D eigenvalue weighted by molar-refractivity contribution is -0.144. The molecule has 0 unspecified atom stereocenters. The Labute approximate surface area is 202 Å². The second-order valence-corrected chi connectivity index (χ2v) is 10.0. The number of H-pyrrole nitrogens is 1. The molecule has 4 aliphatic heterocycles. The van der Waals surface area contributed by atoms with Gasteiger partial charge >= 0.3 is 0 Å². The first kappa shape index (κ1) is 20.8. The quantitative estimate of drug-likeness (QED) is 0.508. The summed E-state index contributed by atoms with van der Waals surface area (Å²) in [6.45, 7) is 0.905. The Balaban J connectivity index is 1.32. The second-order valence-electron chi connectivity index (χ2n) is 10.0. The van der Waals surface area contributed by atoms with Crippen LogP contribution >= 0.6 is 0 Å². The van der Waals surface area contributed by atoms with E-state index in [0.29, 0.717) is 18.7 Å². The number of nitrogens with zero attached hydrogens (tertiary/aromatic N) is 1. The summed E-state index contributed by atoms with van der Waals surface area (Å²) in [6, 6.07) is 15.1. The molecule has 8 heteroatoms. The number of hydrogen-bond donors (Lipinski definition) is 3. The molecule has 0 radical (unpaired) electrons. The van der Waals surface area contributed by atoms with Gasteiger partial charge in [-0.05, 0) is 37.0 Å². The van der Waals surface area contributed by atoms with E-state index in [2.05, 4.69) is 15.6 Å². The van der Waals surface area contributed by atoms with Gasteiger partial charge in [0.15, 0.2) is 0 Å². The van der Waals surface area contributed by atoms with Crippen molar-refractivity contribution in [1.29, 1.82) is 0 Å². The Kier molecular flexibility index (Phi) is 4.47. The van der Waals surface area contributed by atoms with Crippen LogP contribution in [-0.2, 0) is 31.1 Å². The summed E-state index contributed by atoms with van der Waals surface area (Å²) in [5.41, 5.74) is 2.23. The average molecular weight is 471 g/mol. The molecule has 0 bridgehead atoms. The van der Waals surface area contributed by atoms with E-state index in [-0.39, 0.29) is 36.4 Å². The molecule has 3 amide bonds. The number of hydrogen-bond acceptors (Lipinski definition) is 5. The molecule has 3 saturated heterocycles. The van der Waals surface area contributed by atoms with Gasteiger partial charge in [-0.1, -0.05) is 36.4 Å². The number of carbonyl (C=O) groups excluding carboxylic acids is 3. The Morgan fingerprint density at radius 1 is 1.03 bits per heavy atom. The maximum atomic E-state index is 13.9. The van der Waals surface area contributed by atoms with Crippen LogP contribution in [0.25, 0.3) is 10.9 Å². The number of rotatable bonds is 4. The van der Waals surface area contributed by atoms with Crippen molar-refractivity contribution in [2.45, 2.75) is 36.9 Å². The monoisotopic (exact) mass is 470 g/mol. The fourth-order valence-corrected chi connectivity index (χ4v) is 6.70. The summed E-state index contributed by atoms with van der Waals surface area (Å²) in [4.78, 5) is 45.9. The highest BCUT2D eigenvalue weighted by atomic mass is 16.5. The predicted molar refractivity (Wildman–Crippen MR) is 128 cm³/mol. The van der Waals surface area contributed by atoms with Crippen LogP contribution in [-0.4, -0.2) is 52.9 Å². The summed E-state index contributed by atoms with van der Waals surface area (Å²) < 4.78 is 5.74. The van der Waals surface area contributed by atoms with Crippen molar-refractivity contribution in [1.82, 2.24) is 15.2 Å². The van der Waals surface area contributed by atoms with Crippen molar-refractivity contribution in [3.8, 4) is 0 Å². The number of aromatic amines is 1. The number of anilines is 1. The number of imide groups is 1. The molecule has 1 spiro atoms. The van der Waals surface area contributed by atoms with E-state index in [0.717, 1.165) is 34.9 Å². The first-order valence-electron chi connectivity index (χ1n) is 12.3. The molecule has 178 valence electrons. The van der Waals surface area contributed by atoms with Crippen molar-refractivity contribution in [2.75, 3.05) is 18.5 Å². The van der Waals surface area contributed by atoms with Crippen LogP contribution in [0.1, 0.15) is 24.0 Å². The lowest BCUT2D eigenvalue weighted by Gasteiger charge is -2.30. The number of fused-ring (bicyclic) bond motifs is 5. The number of benzene rings is 2. The van der Waals surface area contributed by atoms with Gasteiger partial charge in [-0.15, -0.1) is 0 Å². The normalized spacial score (nSPS) is 31.5. The minimum atomic E-state index is -1.27. The first-order chi connectivity index (χ1) is 17.1. The fraction of sp³-hybridized carbons (Fsp3) is 0.370. The minimum absolute atomic E-state index is 0.137. The number of aromatic nitrogens is 1. The Morgan fingerprint density at radius 3 is 2.71 bits per heavy atom. The molecule has 4 aliphatic rings. The van der Waals surface area contributed by atoms with Gasteiger partial charge in [0.2, 0.25) is 17.7 Å². The van der Waals surface area contributed by atoms with Gasteiger partial charge in [0.25, 0.3) is 0 Å². The zero-order chi connectivity index (χ0) is 23.7. The third-order valence-electron chi connectivity index (χ3n) is 8.24. The van der Waals surface area contributed by atoms with Crippen LogP contribution in [0.3, 0.4) is 0 Å². The van der Waals surface area contributed by atoms with Crippen LogP contribution in [0.4, 0.5) is 5.69 Å². The van der Waals surface area contributed by atoms with Crippen LogP contribution in [0, 0.1) is 11.8 Å². The number of carbonyl (C=O) groups is 3. The largest absolute Gasteiger partial charge is 0.376 e. The van der Waals surface area contributed by atoms with Crippen LogP contribution in [0.5, 0.6) is 0 Å². The van der Waals surface area contributed by atoms with E-state index in [1.165, 1.54) is 4.90 Å². The molecule has 0 saturated carbocycles. The van der Waals surface area contributed by atoms with Crippen LogP contribution in [0.2, 0.25) is 0 Å². The van der Waals surface area contributed by atoms with Gasteiger partial charge < -0.3 is 15.0 Å². The third-order valence-corrected chi connectivity index (χ3v) is 8.24. The lowest BCUT2D eigenvalue weighted by atomic mass is 9.76. The number of ether oxygens (including phenoxy) is 1. The topological polar surface area (TPSA) is 104 Å². The highest BCUT2D eigenvalue weighted by Crippen LogP contribution is 2.53. The van der Waals surface area contributed by atoms with Gasteiger partial charge in [-0.3, -0.25) is 24.6 Å². The zero-order valence-corrected chi connectivity index (χ0v) is 19.1. The number of amides is 3. The Morgan fingerprint density at radius 2 is 1.86 bits per heavy atom. The fourth-order valence-electron chi connectivity index (χ4n) is 6.70. The molecule has 35 heavy (non-hydrogen) atoms. The Hall–Kier alpha value is -3.49. The predicted octanol–water partition coefficient (Wildman–Crippen LogP) is 2.31. The van der Waals surface area contributed by atoms with E-state index < -0.39 is 17.4 Å². The molecular weight excluding hydrogens is 444 g/mol. The SMILES string of the molecule is O=C1[C@H]2[C@@H](Cc3c[nH]c4ccccc34)N[C@@]3(C(=O)Nc4ccccc43)[C@H]2C(=O)N1C[C@H]1CCCO1. The van der Waals surface area contributed by atoms with E-state index >= 15 is 0 Å². The maximum absolute atomic E-state index is 13.9. The molecule has 5 atom stereocenters. The molecule has 3 aromatic rings.